The van der Waals surface area contributed by atoms with Crippen molar-refractivity contribution in [2.75, 3.05) is 0 Å². The first-order valence-electron chi connectivity index (χ1n) is 19.4. The van der Waals surface area contributed by atoms with E-state index in [0.29, 0.717) is 5.89 Å². The fraction of sp³-hybridized carbons (Fsp3) is 0.0377. The Kier molecular flexibility index (Phi) is 7.63. The van der Waals surface area contributed by atoms with Gasteiger partial charge < -0.3 is 8.98 Å². The number of hydrogen-bond acceptors (Lipinski definition) is 2. The minimum atomic E-state index is 0.617. The van der Waals surface area contributed by atoms with Crippen LogP contribution in [0, 0.1) is 0 Å². The van der Waals surface area contributed by atoms with Crippen LogP contribution in [0.2, 0.25) is 0 Å². The number of fused-ring (bicyclic) bond motifs is 5. The molecule has 2 aromatic heterocycles. The second kappa shape index (κ2) is 13.3. The van der Waals surface area contributed by atoms with Gasteiger partial charge in [0.25, 0.3) is 0 Å². The highest BCUT2D eigenvalue weighted by Crippen LogP contribution is 2.42. The predicted octanol–water partition coefficient (Wildman–Crippen LogP) is 14.2. The number of para-hydroxylation sites is 2. The van der Waals surface area contributed by atoms with Crippen LogP contribution in [0.4, 0.5) is 0 Å². The number of aromatic nitrogens is 2. The van der Waals surface area contributed by atoms with Crippen LogP contribution < -0.4 is 0 Å². The van der Waals surface area contributed by atoms with E-state index < -0.39 is 0 Å². The lowest BCUT2D eigenvalue weighted by atomic mass is 9.88. The third-order valence-corrected chi connectivity index (χ3v) is 11.4. The van der Waals surface area contributed by atoms with Gasteiger partial charge in [0.05, 0.1) is 5.52 Å². The first kappa shape index (κ1) is 32.2. The van der Waals surface area contributed by atoms with Crippen molar-refractivity contribution in [1.82, 2.24) is 9.55 Å². The zero-order chi connectivity index (χ0) is 37.0. The molecule has 0 fully saturated rings. The lowest BCUT2D eigenvalue weighted by Gasteiger charge is -2.15. The molecular formula is C53H36N2O. The van der Waals surface area contributed by atoms with Gasteiger partial charge in [-0.3, -0.25) is 0 Å². The maximum atomic E-state index is 6.41. The molecule has 11 rings (SSSR count). The highest BCUT2D eigenvalue weighted by Gasteiger charge is 2.21. The summed E-state index contributed by atoms with van der Waals surface area (Å²) in [5.74, 6) is 0.617. The van der Waals surface area contributed by atoms with Crippen molar-refractivity contribution in [2.24, 2.45) is 0 Å². The van der Waals surface area contributed by atoms with E-state index in [1.165, 1.54) is 66.4 Å². The summed E-state index contributed by atoms with van der Waals surface area (Å²) < 4.78 is 8.86. The molecule has 0 N–H and O–H groups in total. The summed E-state index contributed by atoms with van der Waals surface area (Å²) in [6.07, 6.45) is 6.73. The Labute approximate surface area is 325 Å². The van der Waals surface area contributed by atoms with Gasteiger partial charge in [0.15, 0.2) is 5.58 Å². The molecule has 0 atom stereocenters. The highest BCUT2D eigenvalue weighted by molar-refractivity contribution is 6.04. The molecule has 0 bridgehead atoms. The number of hydrogen-bond donors (Lipinski definition) is 0. The first-order valence-corrected chi connectivity index (χ1v) is 19.4. The van der Waals surface area contributed by atoms with E-state index in [0.717, 1.165) is 46.2 Å². The second-order valence-corrected chi connectivity index (χ2v) is 14.6. The minimum Gasteiger partial charge on any atom is -0.436 e. The summed E-state index contributed by atoms with van der Waals surface area (Å²) >= 11 is 0. The van der Waals surface area contributed by atoms with Crippen LogP contribution in [0.15, 0.2) is 192 Å². The van der Waals surface area contributed by atoms with Crippen molar-refractivity contribution in [3.8, 4) is 61.6 Å². The molecule has 3 heteroatoms. The number of oxazole rings is 1. The summed E-state index contributed by atoms with van der Waals surface area (Å²) in [5, 5.41) is 3.70. The van der Waals surface area contributed by atoms with Gasteiger partial charge in [-0.25, -0.2) is 4.98 Å². The van der Waals surface area contributed by atoms with E-state index >= 15 is 0 Å². The molecule has 0 saturated heterocycles. The maximum absolute atomic E-state index is 6.41. The molecular weight excluding hydrogens is 681 g/mol. The molecule has 10 aromatic rings. The van der Waals surface area contributed by atoms with E-state index in [2.05, 4.69) is 193 Å². The van der Waals surface area contributed by atoms with Crippen LogP contribution in [0.25, 0.3) is 101 Å². The summed E-state index contributed by atoms with van der Waals surface area (Å²) in [7, 11) is 0. The molecule has 0 radical (unpaired) electrons. The first-order chi connectivity index (χ1) is 27.8. The fourth-order valence-corrected chi connectivity index (χ4v) is 8.74. The van der Waals surface area contributed by atoms with E-state index in [1.807, 2.05) is 6.07 Å². The molecule has 0 spiro atoms. The summed E-state index contributed by atoms with van der Waals surface area (Å²) in [4.78, 5) is 5.07. The van der Waals surface area contributed by atoms with Gasteiger partial charge in [-0.1, -0.05) is 152 Å². The second-order valence-electron chi connectivity index (χ2n) is 14.6. The SMILES string of the molecule is C1=Cc2c(n(-c3ccccc3)c3ccc(-c4ccccc4-c4ccccc4-c4ccc(-c5nc6c(-c7cccc8ccccc78)cccc6o5)cc4)cc23)CC1. The molecule has 0 aliphatic heterocycles. The third-order valence-electron chi connectivity index (χ3n) is 11.4. The summed E-state index contributed by atoms with van der Waals surface area (Å²) in [6.45, 7) is 0. The Hall–Kier alpha value is -7.23. The molecule has 1 aliphatic carbocycles. The Morgan fingerprint density at radius 2 is 1.11 bits per heavy atom. The number of allylic oxidation sites excluding steroid dienone is 1. The number of rotatable bonds is 6. The van der Waals surface area contributed by atoms with Crippen LogP contribution in [0.3, 0.4) is 0 Å². The average Bonchev–Trinajstić information content (AvgIpc) is 3.86. The highest BCUT2D eigenvalue weighted by atomic mass is 16.3. The monoisotopic (exact) mass is 716 g/mol. The van der Waals surface area contributed by atoms with Crippen LogP contribution in [0.5, 0.6) is 0 Å². The smallest absolute Gasteiger partial charge is 0.227 e. The Morgan fingerprint density at radius 1 is 0.482 bits per heavy atom. The van der Waals surface area contributed by atoms with Gasteiger partial charge >= 0.3 is 0 Å². The van der Waals surface area contributed by atoms with E-state index in [9.17, 15) is 0 Å². The minimum absolute atomic E-state index is 0.617. The van der Waals surface area contributed by atoms with E-state index in [-0.39, 0.29) is 0 Å². The Balaban J connectivity index is 0.967. The van der Waals surface area contributed by atoms with Gasteiger partial charge in [-0.2, -0.15) is 0 Å². The molecule has 8 aromatic carbocycles. The van der Waals surface area contributed by atoms with Gasteiger partial charge in [-0.15, -0.1) is 0 Å². The lowest BCUT2D eigenvalue weighted by Crippen LogP contribution is -2.02. The summed E-state index contributed by atoms with van der Waals surface area (Å²) in [6, 6.07) is 65.0. The molecule has 0 saturated carbocycles. The quantitative estimate of drug-likeness (QED) is 0.172. The van der Waals surface area contributed by atoms with E-state index in [4.69, 9.17) is 9.40 Å². The maximum Gasteiger partial charge on any atom is 0.227 e. The van der Waals surface area contributed by atoms with Crippen LogP contribution >= 0.6 is 0 Å². The van der Waals surface area contributed by atoms with E-state index in [1.54, 1.807) is 0 Å². The largest absolute Gasteiger partial charge is 0.436 e. The van der Waals surface area contributed by atoms with Gasteiger partial charge in [0, 0.05) is 33.5 Å². The fourth-order valence-electron chi connectivity index (χ4n) is 8.74. The van der Waals surface area contributed by atoms with Crippen LogP contribution in [-0.4, -0.2) is 9.55 Å². The normalized spacial score (nSPS) is 12.4. The zero-order valence-electron chi connectivity index (χ0n) is 30.7. The van der Waals surface area contributed by atoms with Crippen LogP contribution in [-0.2, 0) is 6.42 Å². The molecule has 3 nitrogen and oxygen atoms in total. The molecule has 1 aliphatic rings. The van der Waals surface area contributed by atoms with Gasteiger partial charge in [0.1, 0.15) is 5.52 Å². The van der Waals surface area contributed by atoms with Gasteiger partial charge in [-0.05, 0) is 105 Å². The Bertz CT molecular complexity index is 3120. The van der Waals surface area contributed by atoms with Crippen molar-refractivity contribution in [1.29, 1.82) is 0 Å². The van der Waals surface area contributed by atoms with Crippen molar-refractivity contribution in [3.05, 3.63) is 199 Å². The molecule has 0 amide bonds. The predicted molar refractivity (Wildman–Crippen MR) is 233 cm³/mol. The third kappa shape index (κ3) is 5.32. The average molecular weight is 717 g/mol. The number of nitrogens with zero attached hydrogens (tertiary/aromatic N) is 2. The van der Waals surface area contributed by atoms with Gasteiger partial charge in [0.2, 0.25) is 5.89 Å². The molecule has 0 unspecified atom stereocenters. The standard InChI is InChI=1S/C53H36N2O/c1-2-16-39(17-3-1)55-49-26-11-10-23-46(49)48-34-38(32-33-50(48)55)42-20-7-9-22-44(42)43-21-8-6-19-41(43)36-28-30-37(31-29-36)53-54-52-47(25-13-27-51(52)56-53)45-24-12-15-35-14-4-5-18-40(35)45/h1-10,12-25,27-34H,11,26H2. The Morgan fingerprint density at radius 3 is 1.93 bits per heavy atom. The topological polar surface area (TPSA) is 31.0 Å². The van der Waals surface area contributed by atoms with Crippen molar-refractivity contribution >= 4 is 38.9 Å². The van der Waals surface area contributed by atoms with Crippen LogP contribution in [0.1, 0.15) is 17.7 Å². The van der Waals surface area contributed by atoms with Crippen molar-refractivity contribution in [2.45, 2.75) is 12.8 Å². The summed E-state index contributed by atoms with van der Waals surface area (Å²) in [5.41, 5.74) is 17.2. The molecule has 264 valence electrons. The lowest BCUT2D eigenvalue weighted by molar-refractivity contribution is 0.620. The van der Waals surface area contributed by atoms with Crippen molar-refractivity contribution in [3.63, 3.8) is 0 Å². The zero-order valence-corrected chi connectivity index (χ0v) is 30.7. The molecule has 56 heavy (non-hydrogen) atoms. The van der Waals surface area contributed by atoms with Crippen molar-refractivity contribution < 1.29 is 4.42 Å². The molecule has 2 heterocycles. The number of benzene rings is 8.